The summed E-state index contributed by atoms with van der Waals surface area (Å²) in [5.74, 6) is 0.795. The molecule has 0 atom stereocenters. The van der Waals surface area contributed by atoms with Crippen molar-refractivity contribution in [3.8, 4) is 17.0 Å². The van der Waals surface area contributed by atoms with Gasteiger partial charge in [-0.15, -0.1) is 11.3 Å². The Morgan fingerprint density at radius 1 is 1.15 bits per heavy atom. The Hall–Kier alpha value is -2.18. The van der Waals surface area contributed by atoms with E-state index in [-0.39, 0.29) is 5.91 Å². The fourth-order valence-electron chi connectivity index (χ4n) is 2.51. The van der Waals surface area contributed by atoms with Crippen molar-refractivity contribution in [2.24, 2.45) is 0 Å². The van der Waals surface area contributed by atoms with Gasteiger partial charge in [0.05, 0.1) is 12.3 Å². The number of hydrogen-bond acceptors (Lipinski definition) is 4. The van der Waals surface area contributed by atoms with E-state index in [1.807, 2.05) is 41.8 Å². The third kappa shape index (κ3) is 5.91. The first-order valence-electron chi connectivity index (χ1n) is 8.87. The van der Waals surface area contributed by atoms with Gasteiger partial charge in [-0.05, 0) is 42.7 Å². The molecule has 0 aliphatic rings. The van der Waals surface area contributed by atoms with Crippen molar-refractivity contribution in [1.82, 2.24) is 4.98 Å². The molecular weight excluding hydrogens is 424 g/mol. The number of nitrogens with zero attached hydrogens (tertiary/aromatic N) is 1. The van der Waals surface area contributed by atoms with Crippen LogP contribution in [0.15, 0.2) is 58.4 Å². The van der Waals surface area contributed by atoms with E-state index >= 15 is 0 Å². The molecule has 0 spiro atoms. The zero-order chi connectivity index (χ0) is 19.1. The summed E-state index contributed by atoms with van der Waals surface area (Å²) < 4.78 is 6.71. The van der Waals surface area contributed by atoms with Crippen molar-refractivity contribution >= 4 is 38.3 Å². The van der Waals surface area contributed by atoms with Crippen LogP contribution < -0.4 is 10.1 Å². The molecule has 140 valence electrons. The van der Waals surface area contributed by atoms with Crippen molar-refractivity contribution in [2.75, 3.05) is 11.9 Å². The molecule has 1 aromatic heterocycles. The fraction of sp³-hybridized carbons (Fsp3) is 0.238. The SMILES string of the molecule is CCc1ccc(OCCCC(=O)Nc2nc(-c3ccc(Br)cc3)cs2)cc1. The summed E-state index contributed by atoms with van der Waals surface area (Å²) in [5.41, 5.74) is 3.17. The molecule has 0 aliphatic carbocycles. The summed E-state index contributed by atoms with van der Waals surface area (Å²) >= 11 is 4.85. The van der Waals surface area contributed by atoms with Crippen molar-refractivity contribution in [3.63, 3.8) is 0 Å². The third-order valence-electron chi connectivity index (χ3n) is 4.04. The Morgan fingerprint density at radius 3 is 2.59 bits per heavy atom. The lowest BCUT2D eigenvalue weighted by Crippen LogP contribution is -2.12. The van der Waals surface area contributed by atoms with E-state index in [0.29, 0.717) is 24.6 Å². The van der Waals surface area contributed by atoms with Crippen LogP contribution in [0.5, 0.6) is 5.75 Å². The quantitative estimate of drug-likeness (QED) is 0.437. The molecular formula is C21H21BrN2O2S. The Kier molecular flexibility index (Phi) is 7.01. The van der Waals surface area contributed by atoms with E-state index < -0.39 is 0 Å². The largest absolute Gasteiger partial charge is 0.494 e. The van der Waals surface area contributed by atoms with Crippen molar-refractivity contribution in [2.45, 2.75) is 26.2 Å². The number of thiazole rings is 1. The molecule has 2 aromatic carbocycles. The topological polar surface area (TPSA) is 51.2 Å². The van der Waals surface area contributed by atoms with Crippen LogP contribution in [0.25, 0.3) is 11.3 Å². The minimum atomic E-state index is -0.0448. The fourth-order valence-corrected chi connectivity index (χ4v) is 3.51. The Bertz CT molecular complexity index is 876. The Labute approximate surface area is 171 Å². The smallest absolute Gasteiger partial charge is 0.226 e. The van der Waals surface area contributed by atoms with E-state index in [9.17, 15) is 4.79 Å². The van der Waals surface area contributed by atoms with E-state index in [1.165, 1.54) is 16.9 Å². The predicted molar refractivity (Wildman–Crippen MR) is 114 cm³/mol. The molecule has 0 radical (unpaired) electrons. The Morgan fingerprint density at radius 2 is 1.89 bits per heavy atom. The number of anilines is 1. The van der Waals surface area contributed by atoms with Crippen LogP contribution in [0.2, 0.25) is 0 Å². The highest BCUT2D eigenvalue weighted by Crippen LogP contribution is 2.26. The molecule has 0 fully saturated rings. The van der Waals surface area contributed by atoms with Crippen molar-refractivity contribution in [1.29, 1.82) is 0 Å². The van der Waals surface area contributed by atoms with Gasteiger partial charge in [0.25, 0.3) is 0 Å². The van der Waals surface area contributed by atoms with Crippen LogP contribution in [0.3, 0.4) is 0 Å². The summed E-state index contributed by atoms with van der Waals surface area (Å²) in [7, 11) is 0. The molecule has 0 saturated heterocycles. The van der Waals surface area contributed by atoms with Crippen LogP contribution in [-0.2, 0) is 11.2 Å². The van der Waals surface area contributed by atoms with Gasteiger partial charge in [-0.3, -0.25) is 4.79 Å². The van der Waals surface area contributed by atoms with Gasteiger partial charge >= 0.3 is 0 Å². The van der Waals surface area contributed by atoms with Gasteiger partial charge in [0.2, 0.25) is 5.91 Å². The summed E-state index contributed by atoms with van der Waals surface area (Å²) in [6, 6.07) is 16.0. The number of carbonyl (C=O) groups is 1. The molecule has 3 rings (SSSR count). The van der Waals surface area contributed by atoms with Crippen LogP contribution in [-0.4, -0.2) is 17.5 Å². The minimum Gasteiger partial charge on any atom is -0.494 e. The summed E-state index contributed by atoms with van der Waals surface area (Å²) in [4.78, 5) is 16.6. The number of aryl methyl sites for hydroxylation is 1. The highest BCUT2D eigenvalue weighted by Gasteiger charge is 2.08. The van der Waals surface area contributed by atoms with E-state index in [2.05, 4.69) is 45.3 Å². The molecule has 0 unspecified atom stereocenters. The standard InChI is InChI=1S/C21H21BrN2O2S/c1-2-15-5-11-18(12-6-15)26-13-3-4-20(25)24-21-23-19(14-27-21)16-7-9-17(22)10-8-16/h5-12,14H,2-4,13H2,1H3,(H,23,24,25). The molecule has 6 heteroatoms. The maximum Gasteiger partial charge on any atom is 0.226 e. The van der Waals surface area contributed by atoms with Gasteiger partial charge in [-0.1, -0.05) is 47.1 Å². The Balaban J connectivity index is 1.42. The summed E-state index contributed by atoms with van der Waals surface area (Å²) in [6.07, 6.45) is 2.08. The molecule has 0 aliphatic heterocycles. The number of aromatic nitrogens is 1. The second kappa shape index (κ2) is 9.67. The molecule has 0 bridgehead atoms. The molecule has 27 heavy (non-hydrogen) atoms. The highest BCUT2D eigenvalue weighted by molar-refractivity contribution is 9.10. The molecule has 3 aromatic rings. The average Bonchev–Trinajstić information content (AvgIpc) is 3.14. The van der Waals surface area contributed by atoms with Crippen LogP contribution in [0.1, 0.15) is 25.3 Å². The van der Waals surface area contributed by atoms with Crippen molar-refractivity contribution in [3.05, 3.63) is 63.9 Å². The van der Waals surface area contributed by atoms with E-state index in [4.69, 9.17) is 4.74 Å². The maximum atomic E-state index is 12.1. The zero-order valence-electron chi connectivity index (χ0n) is 15.1. The number of benzene rings is 2. The first-order chi connectivity index (χ1) is 13.1. The predicted octanol–water partition coefficient (Wildman–Crippen LogP) is 5.93. The van der Waals surface area contributed by atoms with E-state index in [1.54, 1.807) is 0 Å². The number of nitrogens with one attached hydrogen (secondary N) is 1. The summed E-state index contributed by atoms with van der Waals surface area (Å²) in [6.45, 7) is 2.64. The second-order valence-corrected chi connectivity index (χ2v) is 7.82. The number of halogens is 1. The van der Waals surface area contributed by atoms with Crippen molar-refractivity contribution < 1.29 is 9.53 Å². The lowest BCUT2D eigenvalue weighted by molar-refractivity contribution is -0.116. The van der Waals surface area contributed by atoms with Gasteiger partial charge in [-0.2, -0.15) is 0 Å². The van der Waals surface area contributed by atoms with Gasteiger partial charge < -0.3 is 10.1 Å². The number of carbonyl (C=O) groups excluding carboxylic acids is 1. The number of rotatable bonds is 8. The highest BCUT2D eigenvalue weighted by atomic mass is 79.9. The molecule has 0 saturated carbocycles. The van der Waals surface area contributed by atoms with Crippen LogP contribution in [0.4, 0.5) is 5.13 Å². The van der Waals surface area contributed by atoms with Gasteiger partial charge in [-0.25, -0.2) is 4.98 Å². The molecule has 1 amide bonds. The third-order valence-corrected chi connectivity index (χ3v) is 5.33. The van der Waals surface area contributed by atoms with Gasteiger partial charge in [0.15, 0.2) is 5.13 Å². The first-order valence-corrected chi connectivity index (χ1v) is 10.5. The van der Waals surface area contributed by atoms with Gasteiger partial charge in [0, 0.05) is 21.8 Å². The molecule has 4 nitrogen and oxygen atoms in total. The lowest BCUT2D eigenvalue weighted by Gasteiger charge is -2.06. The molecule has 1 heterocycles. The first kappa shape index (κ1) is 19.6. The molecule has 1 N–H and O–H groups in total. The monoisotopic (exact) mass is 444 g/mol. The zero-order valence-corrected chi connectivity index (χ0v) is 17.5. The number of hydrogen-bond donors (Lipinski definition) is 1. The lowest BCUT2D eigenvalue weighted by atomic mass is 10.2. The van der Waals surface area contributed by atoms with Crippen LogP contribution >= 0.6 is 27.3 Å². The van der Waals surface area contributed by atoms with E-state index in [0.717, 1.165) is 27.9 Å². The normalized spacial score (nSPS) is 10.6. The van der Waals surface area contributed by atoms with Gasteiger partial charge in [0.1, 0.15) is 5.75 Å². The van der Waals surface area contributed by atoms with Crippen LogP contribution in [0, 0.1) is 0 Å². The maximum absolute atomic E-state index is 12.1. The number of ether oxygens (including phenoxy) is 1. The average molecular weight is 445 g/mol. The number of amides is 1. The second-order valence-electron chi connectivity index (χ2n) is 6.04. The summed E-state index contributed by atoms with van der Waals surface area (Å²) in [5, 5.41) is 5.43. The minimum absolute atomic E-state index is 0.0448.